The molecule has 71 valence electrons. The monoisotopic (exact) mass is 243 g/mol. The Balaban J connectivity index is 2.69. The molecular weight excluding hydrogens is 232 g/mol. The largest absolute Gasteiger partial charge is 0.485 e. The summed E-state index contributed by atoms with van der Waals surface area (Å²) in [6.07, 6.45) is 0. The molecule has 3 heteroatoms. The molecule has 0 amide bonds. The maximum Gasteiger partial charge on any atom is 0.130 e. The Morgan fingerprint density at radius 2 is 1.85 bits per heavy atom. The highest BCUT2D eigenvalue weighted by molar-refractivity contribution is 9.10. The molecule has 0 aromatic heterocycles. The summed E-state index contributed by atoms with van der Waals surface area (Å²) < 4.78 is 6.47. The van der Waals surface area contributed by atoms with E-state index in [0.717, 1.165) is 10.2 Å². The smallest absolute Gasteiger partial charge is 0.130 e. The molecule has 0 spiro atoms. The lowest BCUT2D eigenvalue weighted by molar-refractivity contribution is 0.00877. The topological polar surface area (TPSA) is 29.1 Å². The van der Waals surface area contributed by atoms with Crippen LogP contribution in [0, 0.1) is 0 Å². The van der Waals surface area contributed by atoms with Crippen molar-refractivity contribution >= 4 is 15.9 Å². The second kappa shape index (κ2) is 4.11. The van der Waals surface area contributed by atoms with Crippen molar-refractivity contribution in [3.63, 3.8) is 0 Å². The molecule has 1 aromatic carbocycles. The molecule has 0 atom stereocenters. The van der Waals surface area contributed by atoms with E-state index in [1.807, 2.05) is 24.3 Å². The second-order valence-electron chi connectivity index (χ2n) is 3.46. The molecule has 1 aromatic rings. The molecule has 0 heterocycles. The van der Waals surface area contributed by atoms with E-state index >= 15 is 0 Å². The zero-order valence-corrected chi connectivity index (χ0v) is 9.30. The van der Waals surface area contributed by atoms with Crippen LogP contribution in [0.4, 0.5) is 0 Å². The quantitative estimate of drug-likeness (QED) is 0.803. The molecule has 0 aliphatic carbocycles. The maximum absolute atomic E-state index is 10.7. The van der Waals surface area contributed by atoms with Crippen LogP contribution in [-0.4, -0.2) is 12.2 Å². The third kappa shape index (κ3) is 3.36. The predicted molar refractivity (Wildman–Crippen MR) is 54.4 cm³/mol. The van der Waals surface area contributed by atoms with Crippen LogP contribution in [0.25, 0.3) is 0 Å². The van der Waals surface area contributed by atoms with Gasteiger partial charge in [0, 0.05) is 4.47 Å². The molecule has 1 radical (unpaired) electrons. The average molecular weight is 244 g/mol. The lowest BCUT2D eigenvalue weighted by Gasteiger charge is -2.22. The van der Waals surface area contributed by atoms with Gasteiger partial charge in [0.05, 0.1) is 0 Å². The fourth-order valence-electron chi connectivity index (χ4n) is 0.851. The third-order valence-corrected chi connectivity index (χ3v) is 2.08. The van der Waals surface area contributed by atoms with E-state index in [1.165, 1.54) is 0 Å². The van der Waals surface area contributed by atoms with Crippen LogP contribution in [0.2, 0.25) is 0 Å². The molecule has 2 nitrogen and oxygen atoms in total. The van der Waals surface area contributed by atoms with Gasteiger partial charge in [0.15, 0.2) is 0 Å². The van der Waals surface area contributed by atoms with Gasteiger partial charge in [-0.25, -0.2) is 5.11 Å². The van der Waals surface area contributed by atoms with Gasteiger partial charge in [-0.3, -0.25) is 0 Å². The van der Waals surface area contributed by atoms with Crippen molar-refractivity contribution < 1.29 is 9.84 Å². The Hall–Kier alpha value is -0.540. The Labute approximate surface area is 86.7 Å². The van der Waals surface area contributed by atoms with Gasteiger partial charge in [-0.2, -0.15) is 0 Å². The van der Waals surface area contributed by atoms with Gasteiger partial charge in [0.2, 0.25) is 0 Å². The Morgan fingerprint density at radius 1 is 1.31 bits per heavy atom. The fraction of sp³-hybridized carbons (Fsp3) is 0.400. The molecule has 1 rings (SSSR count). The zero-order valence-electron chi connectivity index (χ0n) is 7.71. The van der Waals surface area contributed by atoms with Crippen molar-refractivity contribution in [2.75, 3.05) is 6.61 Å². The first-order valence-electron chi connectivity index (χ1n) is 4.06. The van der Waals surface area contributed by atoms with Crippen molar-refractivity contribution in [2.45, 2.75) is 19.4 Å². The van der Waals surface area contributed by atoms with Gasteiger partial charge in [0.25, 0.3) is 0 Å². The first-order valence-corrected chi connectivity index (χ1v) is 4.85. The summed E-state index contributed by atoms with van der Waals surface area (Å²) in [6.45, 7) is 3.31. The van der Waals surface area contributed by atoms with E-state index in [-0.39, 0.29) is 6.61 Å². The highest BCUT2D eigenvalue weighted by Crippen LogP contribution is 2.20. The summed E-state index contributed by atoms with van der Waals surface area (Å²) in [5.74, 6) is 0.726. The summed E-state index contributed by atoms with van der Waals surface area (Å²) in [6, 6.07) is 7.44. The van der Waals surface area contributed by atoms with Crippen LogP contribution in [0.15, 0.2) is 28.7 Å². The van der Waals surface area contributed by atoms with Crippen LogP contribution in [0.5, 0.6) is 5.75 Å². The Morgan fingerprint density at radius 3 is 2.31 bits per heavy atom. The standard InChI is InChI=1S/C10H12BrO2/c1-10(2,7-12)13-9-5-3-8(11)4-6-9/h3-6H,7H2,1-2H3. The summed E-state index contributed by atoms with van der Waals surface area (Å²) in [7, 11) is 0. The highest BCUT2D eigenvalue weighted by Gasteiger charge is 2.18. The Kier molecular flexibility index (Phi) is 3.33. The molecule has 13 heavy (non-hydrogen) atoms. The minimum absolute atomic E-state index is 0.247. The molecule has 0 aliphatic rings. The van der Waals surface area contributed by atoms with E-state index in [0.29, 0.717) is 0 Å². The van der Waals surface area contributed by atoms with E-state index in [4.69, 9.17) is 4.74 Å². The van der Waals surface area contributed by atoms with Gasteiger partial charge in [-0.05, 0) is 38.1 Å². The lowest BCUT2D eigenvalue weighted by atomic mass is 10.1. The van der Waals surface area contributed by atoms with Crippen LogP contribution in [0.3, 0.4) is 0 Å². The molecule has 0 unspecified atom stereocenters. The van der Waals surface area contributed by atoms with Crippen LogP contribution in [-0.2, 0) is 5.11 Å². The van der Waals surface area contributed by atoms with Crippen molar-refractivity contribution in [3.05, 3.63) is 28.7 Å². The lowest BCUT2D eigenvalue weighted by Crippen LogP contribution is -2.31. The summed E-state index contributed by atoms with van der Waals surface area (Å²) >= 11 is 3.32. The summed E-state index contributed by atoms with van der Waals surface area (Å²) in [5.41, 5.74) is -0.631. The van der Waals surface area contributed by atoms with E-state index in [9.17, 15) is 5.11 Å². The number of ether oxygens (including phenoxy) is 1. The van der Waals surface area contributed by atoms with Gasteiger partial charge in [-0.15, -0.1) is 0 Å². The number of hydrogen-bond donors (Lipinski definition) is 0. The van der Waals surface area contributed by atoms with Crippen LogP contribution >= 0.6 is 15.9 Å². The SMILES string of the molecule is CC(C)(C[O])Oc1ccc(Br)cc1. The minimum atomic E-state index is -0.631. The van der Waals surface area contributed by atoms with E-state index in [1.54, 1.807) is 13.8 Å². The highest BCUT2D eigenvalue weighted by atomic mass is 79.9. The third-order valence-electron chi connectivity index (χ3n) is 1.56. The number of rotatable bonds is 3. The minimum Gasteiger partial charge on any atom is -0.485 e. The molecule has 0 aliphatic heterocycles. The van der Waals surface area contributed by atoms with Gasteiger partial charge in [0.1, 0.15) is 18.0 Å². The van der Waals surface area contributed by atoms with E-state index in [2.05, 4.69) is 15.9 Å². The molecule has 0 saturated heterocycles. The predicted octanol–water partition coefficient (Wildman–Crippen LogP) is 3.04. The normalized spacial score (nSPS) is 11.4. The van der Waals surface area contributed by atoms with Crippen molar-refractivity contribution in [2.24, 2.45) is 0 Å². The summed E-state index contributed by atoms with van der Waals surface area (Å²) in [4.78, 5) is 0. The fourth-order valence-corrected chi connectivity index (χ4v) is 1.12. The maximum atomic E-state index is 10.7. The van der Waals surface area contributed by atoms with E-state index < -0.39 is 5.60 Å². The number of benzene rings is 1. The number of hydrogen-bond acceptors (Lipinski definition) is 1. The average Bonchev–Trinajstić information content (AvgIpc) is 2.09. The van der Waals surface area contributed by atoms with Crippen LogP contribution < -0.4 is 4.74 Å². The van der Waals surface area contributed by atoms with Gasteiger partial charge < -0.3 is 4.74 Å². The van der Waals surface area contributed by atoms with Crippen molar-refractivity contribution in [3.8, 4) is 5.75 Å². The molecule has 0 bridgehead atoms. The van der Waals surface area contributed by atoms with Crippen molar-refractivity contribution in [1.29, 1.82) is 0 Å². The molecule has 0 fully saturated rings. The first kappa shape index (κ1) is 10.5. The zero-order chi connectivity index (χ0) is 9.90. The van der Waals surface area contributed by atoms with Gasteiger partial charge in [-0.1, -0.05) is 15.9 Å². The van der Waals surface area contributed by atoms with Gasteiger partial charge >= 0.3 is 0 Å². The molecular formula is C10H12BrO2. The van der Waals surface area contributed by atoms with Crippen LogP contribution in [0.1, 0.15) is 13.8 Å². The second-order valence-corrected chi connectivity index (χ2v) is 4.38. The molecule has 0 saturated carbocycles. The van der Waals surface area contributed by atoms with Crippen molar-refractivity contribution in [1.82, 2.24) is 0 Å². The first-order chi connectivity index (χ1) is 6.03. The Bertz CT molecular complexity index is 267. The summed E-state index contributed by atoms with van der Waals surface area (Å²) in [5, 5.41) is 10.7. The molecule has 0 N–H and O–H groups in total. The number of halogens is 1.